The van der Waals surface area contributed by atoms with Gasteiger partial charge in [0.25, 0.3) is 5.91 Å². The van der Waals surface area contributed by atoms with E-state index in [1.54, 1.807) is 24.5 Å². The van der Waals surface area contributed by atoms with Gasteiger partial charge >= 0.3 is 0 Å². The third-order valence-corrected chi connectivity index (χ3v) is 4.73. The number of hydrogen-bond donors (Lipinski definition) is 1. The SMILES string of the molecule is Cc1nnsc1C(=O)N[C@@H]1CCN(c2nccs2)C1. The van der Waals surface area contributed by atoms with Gasteiger partial charge in [-0.25, -0.2) is 4.98 Å². The van der Waals surface area contributed by atoms with Gasteiger partial charge in [0.15, 0.2) is 5.13 Å². The van der Waals surface area contributed by atoms with Crippen LogP contribution in [0, 0.1) is 6.92 Å². The van der Waals surface area contributed by atoms with Gasteiger partial charge in [0, 0.05) is 30.7 Å². The molecule has 6 nitrogen and oxygen atoms in total. The summed E-state index contributed by atoms with van der Waals surface area (Å²) in [5.74, 6) is -0.0708. The van der Waals surface area contributed by atoms with E-state index in [1.807, 2.05) is 5.38 Å². The van der Waals surface area contributed by atoms with Crippen LogP contribution in [-0.4, -0.2) is 39.6 Å². The Morgan fingerprint density at radius 1 is 1.58 bits per heavy atom. The highest BCUT2D eigenvalue weighted by atomic mass is 32.1. The monoisotopic (exact) mass is 295 g/mol. The van der Waals surface area contributed by atoms with Crippen LogP contribution in [0.4, 0.5) is 5.13 Å². The molecule has 1 aliphatic heterocycles. The molecule has 100 valence electrons. The van der Waals surface area contributed by atoms with Crippen LogP contribution in [0.3, 0.4) is 0 Å². The molecule has 1 fully saturated rings. The number of aromatic nitrogens is 3. The molecule has 1 N–H and O–H groups in total. The molecule has 0 unspecified atom stereocenters. The minimum absolute atomic E-state index is 0.0708. The molecule has 0 bridgehead atoms. The molecule has 8 heteroatoms. The quantitative estimate of drug-likeness (QED) is 0.924. The summed E-state index contributed by atoms with van der Waals surface area (Å²) in [4.78, 5) is 19.2. The molecule has 3 heterocycles. The average Bonchev–Trinajstić information content (AvgIpc) is 3.07. The van der Waals surface area contributed by atoms with Crippen molar-refractivity contribution in [2.24, 2.45) is 0 Å². The summed E-state index contributed by atoms with van der Waals surface area (Å²) in [5, 5.41) is 9.88. The zero-order valence-electron chi connectivity index (χ0n) is 10.4. The van der Waals surface area contributed by atoms with Crippen molar-refractivity contribution in [1.82, 2.24) is 19.9 Å². The maximum Gasteiger partial charge on any atom is 0.265 e. The number of aryl methyl sites for hydroxylation is 1. The standard InChI is InChI=1S/C11H13N5OS2/c1-7-9(19-15-14-7)10(17)13-8-2-4-16(6-8)11-12-3-5-18-11/h3,5,8H,2,4,6H2,1H3,(H,13,17)/t8-/m1/s1. The smallest absolute Gasteiger partial charge is 0.265 e. The van der Waals surface area contributed by atoms with E-state index in [1.165, 1.54) is 0 Å². The molecule has 0 aliphatic carbocycles. The van der Waals surface area contributed by atoms with Gasteiger partial charge in [-0.1, -0.05) is 4.49 Å². The third-order valence-electron chi connectivity index (χ3n) is 3.07. The van der Waals surface area contributed by atoms with Gasteiger partial charge in [-0.05, 0) is 24.9 Å². The van der Waals surface area contributed by atoms with E-state index in [-0.39, 0.29) is 11.9 Å². The first-order chi connectivity index (χ1) is 9.24. The lowest BCUT2D eigenvalue weighted by Crippen LogP contribution is -2.37. The summed E-state index contributed by atoms with van der Waals surface area (Å²) in [5.41, 5.74) is 0.692. The second-order valence-corrected chi connectivity index (χ2v) is 6.03. The summed E-state index contributed by atoms with van der Waals surface area (Å²) in [6.45, 7) is 3.54. The predicted molar refractivity (Wildman–Crippen MR) is 74.8 cm³/mol. The highest BCUT2D eigenvalue weighted by Crippen LogP contribution is 2.22. The third kappa shape index (κ3) is 2.59. The highest BCUT2D eigenvalue weighted by molar-refractivity contribution is 7.13. The number of thiazole rings is 1. The summed E-state index contributed by atoms with van der Waals surface area (Å²) in [6.07, 6.45) is 2.74. The van der Waals surface area contributed by atoms with E-state index in [0.29, 0.717) is 10.6 Å². The normalized spacial score (nSPS) is 18.8. The van der Waals surface area contributed by atoms with E-state index >= 15 is 0 Å². The Morgan fingerprint density at radius 3 is 3.16 bits per heavy atom. The predicted octanol–water partition coefficient (Wildman–Crippen LogP) is 1.31. The van der Waals surface area contributed by atoms with Crippen LogP contribution in [-0.2, 0) is 0 Å². The van der Waals surface area contributed by atoms with Crippen LogP contribution < -0.4 is 10.2 Å². The van der Waals surface area contributed by atoms with E-state index < -0.39 is 0 Å². The van der Waals surface area contributed by atoms with Gasteiger partial charge in [-0.2, -0.15) is 0 Å². The second-order valence-electron chi connectivity index (χ2n) is 4.41. The zero-order valence-corrected chi connectivity index (χ0v) is 12.0. The maximum atomic E-state index is 12.1. The molecule has 0 saturated carbocycles. The van der Waals surface area contributed by atoms with E-state index in [2.05, 4.69) is 24.8 Å². The van der Waals surface area contributed by atoms with Crippen molar-refractivity contribution >= 4 is 33.9 Å². The van der Waals surface area contributed by atoms with Crippen LogP contribution in [0.1, 0.15) is 21.8 Å². The van der Waals surface area contributed by atoms with Crippen molar-refractivity contribution in [1.29, 1.82) is 0 Å². The summed E-state index contributed by atoms with van der Waals surface area (Å²) < 4.78 is 3.79. The number of nitrogens with one attached hydrogen (secondary N) is 1. The summed E-state index contributed by atoms with van der Waals surface area (Å²) >= 11 is 2.77. The Kier molecular flexibility index (Phi) is 3.43. The molecule has 2 aromatic heterocycles. The van der Waals surface area contributed by atoms with Crippen molar-refractivity contribution in [2.75, 3.05) is 18.0 Å². The average molecular weight is 295 g/mol. The minimum atomic E-state index is -0.0708. The van der Waals surface area contributed by atoms with E-state index in [9.17, 15) is 4.79 Å². The number of anilines is 1. The largest absolute Gasteiger partial charge is 0.347 e. The van der Waals surface area contributed by atoms with E-state index in [4.69, 9.17) is 0 Å². The Bertz CT molecular complexity index is 567. The maximum absolute atomic E-state index is 12.1. The summed E-state index contributed by atoms with van der Waals surface area (Å²) in [6, 6.07) is 0.165. The van der Waals surface area contributed by atoms with Crippen LogP contribution in [0.2, 0.25) is 0 Å². The fourth-order valence-electron chi connectivity index (χ4n) is 2.11. The molecule has 0 spiro atoms. The Morgan fingerprint density at radius 2 is 2.47 bits per heavy atom. The number of hydrogen-bond acceptors (Lipinski definition) is 7. The molecule has 0 aromatic carbocycles. The van der Waals surface area contributed by atoms with Gasteiger partial charge in [-0.15, -0.1) is 16.4 Å². The van der Waals surface area contributed by atoms with Crippen LogP contribution in [0.25, 0.3) is 0 Å². The van der Waals surface area contributed by atoms with Crippen molar-refractivity contribution in [3.05, 3.63) is 22.1 Å². The molecule has 1 amide bonds. The van der Waals surface area contributed by atoms with Gasteiger partial charge in [0.05, 0.1) is 5.69 Å². The molecule has 3 rings (SSSR count). The number of rotatable bonds is 3. The van der Waals surface area contributed by atoms with Gasteiger partial charge < -0.3 is 10.2 Å². The first-order valence-corrected chi connectivity index (χ1v) is 7.63. The number of carbonyl (C=O) groups is 1. The first kappa shape index (κ1) is 12.5. The lowest BCUT2D eigenvalue weighted by Gasteiger charge is -2.15. The van der Waals surface area contributed by atoms with E-state index in [0.717, 1.165) is 36.2 Å². The lowest BCUT2D eigenvalue weighted by atomic mass is 10.2. The molecule has 1 saturated heterocycles. The number of nitrogens with zero attached hydrogens (tertiary/aromatic N) is 4. The first-order valence-electron chi connectivity index (χ1n) is 5.98. The molecule has 1 aliphatic rings. The van der Waals surface area contributed by atoms with Crippen molar-refractivity contribution < 1.29 is 4.79 Å². The van der Waals surface area contributed by atoms with Crippen LogP contribution in [0.5, 0.6) is 0 Å². The fourth-order valence-corrected chi connectivity index (χ4v) is 3.35. The topological polar surface area (TPSA) is 71.0 Å². The Labute approximate surface area is 118 Å². The van der Waals surface area contributed by atoms with Gasteiger partial charge in [0.2, 0.25) is 0 Å². The molecular formula is C11H13N5OS2. The Hall–Kier alpha value is -1.54. The number of carbonyl (C=O) groups excluding carboxylic acids is 1. The molecule has 0 radical (unpaired) electrons. The highest BCUT2D eigenvalue weighted by Gasteiger charge is 2.26. The summed E-state index contributed by atoms with van der Waals surface area (Å²) in [7, 11) is 0. The van der Waals surface area contributed by atoms with Crippen molar-refractivity contribution in [3.63, 3.8) is 0 Å². The van der Waals surface area contributed by atoms with Crippen molar-refractivity contribution in [3.8, 4) is 0 Å². The fraction of sp³-hybridized carbons (Fsp3) is 0.455. The van der Waals surface area contributed by atoms with Crippen molar-refractivity contribution in [2.45, 2.75) is 19.4 Å². The molecule has 1 atom stereocenters. The van der Waals surface area contributed by atoms with Gasteiger partial charge in [0.1, 0.15) is 4.88 Å². The Balaban J connectivity index is 1.60. The molecular weight excluding hydrogens is 282 g/mol. The molecule has 2 aromatic rings. The minimum Gasteiger partial charge on any atom is -0.347 e. The molecule has 19 heavy (non-hydrogen) atoms. The zero-order chi connectivity index (χ0) is 13.2. The van der Waals surface area contributed by atoms with Crippen LogP contribution in [0.15, 0.2) is 11.6 Å². The van der Waals surface area contributed by atoms with Crippen LogP contribution >= 0.6 is 22.9 Å². The van der Waals surface area contributed by atoms with Gasteiger partial charge in [-0.3, -0.25) is 4.79 Å². The number of amides is 1. The second kappa shape index (κ2) is 5.22. The lowest BCUT2D eigenvalue weighted by molar-refractivity contribution is 0.0943.